The van der Waals surface area contributed by atoms with Crippen molar-refractivity contribution in [1.29, 1.82) is 0 Å². The van der Waals surface area contributed by atoms with Crippen molar-refractivity contribution in [2.75, 3.05) is 32.8 Å². The van der Waals surface area contributed by atoms with Crippen LogP contribution in [0, 0.1) is 0 Å². The van der Waals surface area contributed by atoms with Crippen molar-refractivity contribution in [3.05, 3.63) is 0 Å². The first-order valence-electron chi connectivity index (χ1n) is 3.58. The Bertz CT molecular complexity index is 103. The standard InChI is InChI=1S/C6H14N2O2.ClH/c9-4-3-8-2-1-7-5-6(8)10;/h6-7,9-10H,1-5H2;1H. The molecular weight excluding hydrogens is 168 g/mol. The summed E-state index contributed by atoms with van der Waals surface area (Å²) in [6, 6.07) is 0. The Kier molecular flexibility index (Phi) is 5.81. The molecule has 0 bridgehead atoms. The van der Waals surface area contributed by atoms with Crippen molar-refractivity contribution >= 4 is 12.4 Å². The minimum Gasteiger partial charge on any atom is -0.395 e. The zero-order chi connectivity index (χ0) is 7.40. The average molecular weight is 183 g/mol. The van der Waals surface area contributed by atoms with E-state index in [4.69, 9.17) is 5.11 Å². The van der Waals surface area contributed by atoms with Crippen LogP contribution < -0.4 is 5.32 Å². The number of hydrogen-bond donors (Lipinski definition) is 3. The van der Waals surface area contributed by atoms with Crippen LogP contribution in [0.2, 0.25) is 0 Å². The summed E-state index contributed by atoms with van der Waals surface area (Å²) in [7, 11) is 0. The van der Waals surface area contributed by atoms with E-state index in [1.807, 2.05) is 4.90 Å². The molecule has 0 amide bonds. The monoisotopic (exact) mass is 182 g/mol. The van der Waals surface area contributed by atoms with Crippen LogP contribution in [0.4, 0.5) is 0 Å². The van der Waals surface area contributed by atoms with E-state index in [-0.39, 0.29) is 19.0 Å². The van der Waals surface area contributed by atoms with Gasteiger partial charge in [0.15, 0.2) is 0 Å². The fourth-order valence-corrected chi connectivity index (χ4v) is 1.12. The zero-order valence-corrected chi connectivity index (χ0v) is 7.18. The first-order chi connectivity index (χ1) is 4.84. The molecule has 68 valence electrons. The molecular formula is C6H15ClN2O2. The average Bonchev–Trinajstić information content (AvgIpc) is 1.94. The van der Waals surface area contributed by atoms with E-state index in [1.165, 1.54) is 0 Å². The lowest BCUT2D eigenvalue weighted by atomic mass is 10.3. The van der Waals surface area contributed by atoms with Crippen LogP contribution in [0.1, 0.15) is 0 Å². The van der Waals surface area contributed by atoms with Crippen molar-refractivity contribution in [2.45, 2.75) is 6.23 Å². The van der Waals surface area contributed by atoms with Crippen molar-refractivity contribution in [3.63, 3.8) is 0 Å². The van der Waals surface area contributed by atoms with E-state index in [9.17, 15) is 5.11 Å². The lowest BCUT2D eigenvalue weighted by Gasteiger charge is -2.31. The Morgan fingerprint density at radius 2 is 2.27 bits per heavy atom. The number of aliphatic hydroxyl groups excluding tert-OH is 2. The molecule has 0 spiro atoms. The molecule has 1 unspecified atom stereocenters. The second-order valence-electron chi connectivity index (χ2n) is 2.44. The molecule has 0 aliphatic carbocycles. The van der Waals surface area contributed by atoms with Gasteiger partial charge in [0.05, 0.1) is 6.61 Å². The van der Waals surface area contributed by atoms with Gasteiger partial charge in [-0.1, -0.05) is 0 Å². The number of hydrogen-bond acceptors (Lipinski definition) is 4. The number of aliphatic hydroxyl groups is 2. The van der Waals surface area contributed by atoms with Gasteiger partial charge in [0, 0.05) is 26.2 Å². The fourth-order valence-electron chi connectivity index (χ4n) is 1.12. The van der Waals surface area contributed by atoms with Crippen LogP contribution >= 0.6 is 12.4 Å². The first kappa shape index (κ1) is 11.1. The van der Waals surface area contributed by atoms with Gasteiger partial charge in [-0.05, 0) is 0 Å². The first-order valence-corrected chi connectivity index (χ1v) is 3.58. The Hall–Kier alpha value is 0.130. The van der Waals surface area contributed by atoms with Gasteiger partial charge < -0.3 is 15.5 Å². The molecule has 11 heavy (non-hydrogen) atoms. The number of nitrogens with one attached hydrogen (secondary N) is 1. The van der Waals surface area contributed by atoms with E-state index in [0.717, 1.165) is 13.1 Å². The van der Waals surface area contributed by atoms with Crippen molar-refractivity contribution in [1.82, 2.24) is 10.2 Å². The van der Waals surface area contributed by atoms with E-state index in [2.05, 4.69) is 5.32 Å². The molecule has 0 aromatic carbocycles. The highest BCUT2D eigenvalue weighted by atomic mass is 35.5. The second kappa shape index (κ2) is 5.74. The highest BCUT2D eigenvalue weighted by Gasteiger charge is 2.17. The molecule has 4 nitrogen and oxygen atoms in total. The third kappa shape index (κ3) is 3.35. The molecule has 1 heterocycles. The number of β-amino-alcohol motifs (C(OH)–C–C–N with tert-alkyl or cyclic N) is 2. The summed E-state index contributed by atoms with van der Waals surface area (Å²) in [4.78, 5) is 1.86. The highest BCUT2D eigenvalue weighted by molar-refractivity contribution is 5.85. The number of halogens is 1. The molecule has 5 heteroatoms. The zero-order valence-electron chi connectivity index (χ0n) is 6.36. The molecule has 1 aliphatic heterocycles. The van der Waals surface area contributed by atoms with Gasteiger partial charge >= 0.3 is 0 Å². The molecule has 1 rings (SSSR count). The molecule has 1 saturated heterocycles. The second-order valence-corrected chi connectivity index (χ2v) is 2.44. The minimum atomic E-state index is -0.416. The largest absolute Gasteiger partial charge is 0.395 e. The predicted molar refractivity (Wildman–Crippen MR) is 44.8 cm³/mol. The van der Waals surface area contributed by atoms with E-state index in [0.29, 0.717) is 13.1 Å². The quantitative estimate of drug-likeness (QED) is 0.493. The van der Waals surface area contributed by atoms with Gasteiger partial charge in [-0.15, -0.1) is 12.4 Å². The SMILES string of the molecule is Cl.OCCN1CCNCC1O. The van der Waals surface area contributed by atoms with Crippen molar-refractivity contribution in [3.8, 4) is 0 Å². The van der Waals surface area contributed by atoms with Crippen LogP contribution in [0.25, 0.3) is 0 Å². The summed E-state index contributed by atoms with van der Waals surface area (Å²) in [5.41, 5.74) is 0. The number of piperazine rings is 1. The van der Waals surface area contributed by atoms with E-state index in [1.54, 1.807) is 0 Å². The Morgan fingerprint density at radius 3 is 2.82 bits per heavy atom. The summed E-state index contributed by atoms with van der Waals surface area (Å²) in [6.07, 6.45) is -0.416. The normalized spacial score (nSPS) is 26.2. The fraction of sp³-hybridized carbons (Fsp3) is 1.00. The molecule has 0 aromatic rings. The van der Waals surface area contributed by atoms with Crippen LogP contribution in [0.5, 0.6) is 0 Å². The number of rotatable bonds is 2. The summed E-state index contributed by atoms with van der Waals surface area (Å²) < 4.78 is 0. The van der Waals surface area contributed by atoms with Gasteiger partial charge in [-0.3, -0.25) is 4.90 Å². The molecule has 0 aromatic heterocycles. The summed E-state index contributed by atoms with van der Waals surface area (Å²) in [5.74, 6) is 0. The third-order valence-electron chi connectivity index (χ3n) is 1.71. The molecule has 3 N–H and O–H groups in total. The van der Waals surface area contributed by atoms with Gasteiger partial charge in [0.1, 0.15) is 6.23 Å². The minimum absolute atomic E-state index is 0. The maximum atomic E-state index is 9.25. The van der Waals surface area contributed by atoms with Crippen molar-refractivity contribution < 1.29 is 10.2 Å². The Labute approximate surface area is 72.6 Å². The molecule has 1 aliphatic rings. The molecule has 1 fully saturated rings. The van der Waals surface area contributed by atoms with E-state index < -0.39 is 6.23 Å². The lowest BCUT2D eigenvalue weighted by Crippen LogP contribution is -2.51. The summed E-state index contributed by atoms with van der Waals surface area (Å²) in [6.45, 7) is 3.03. The van der Waals surface area contributed by atoms with Gasteiger partial charge in [0.25, 0.3) is 0 Å². The molecule has 1 atom stereocenters. The van der Waals surface area contributed by atoms with E-state index >= 15 is 0 Å². The summed E-state index contributed by atoms with van der Waals surface area (Å²) in [5, 5.41) is 20.9. The smallest absolute Gasteiger partial charge is 0.120 e. The van der Waals surface area contributed by atoms with Crippen LogP contribution in [-0.2, 0) is 0 Å². The molecule has 0 radical (unpaired) electrons. The maximum Gasteiger partial charge on any atom is 0.120 e. The Morgan fingerprint density at radius 1 is 1.55 bits per heavy atom. The molecule has 0 saturated carbocycles. The topological polar surface area (TPSA) is 55.7 Å². The Balaban J connectivity index is 0.000001000. The highest BCUT2D eigenvalue weighted by Crippen LogP contribution is 1.97. The van der Waals surface area contributed by atoms with Gasteiger partial charge in [-0.2, -0.15) is 0 Å². The van der Waals surface area contributed by atoms with Crippen LogP contribution in [0.15, 0.2) is 0 Å². The van der Waals surface area contributed by atoms with Crippen LogP contribution in [0.3, 0.4) is 0 Å². The lowest BCUT2D eigenvalue weighted by molar-refractivity contribution is -0.0203. The van der Waals surface area contributed by atoms with Crippen LogP contribution in [-0.4, -0.2) is 54.1 Å². The number of nitrogens with zero attached hydrogens (tertiary/aromatic N) is 1. The van der Waals surface area contributed by atoms with Gasteiger partial charge in [-0.25, -0.2) is 0 Å². The maximum absolute atomic E-state index is 9.25. The predicted octanol–water partition coefficient (Wildman–Crippen LogP) is -1.38. The van der Waals surface area contributed by atoms with Crippen molar-refractivity contribution in [2.24, 2.45) is 0 Å². The summed E-state index contributed by atoms with van der Waals surface area (Å²) >= 11 is 0. The van der Waals surface area contributed by atoms with Gasteiger partial charge in [0.2, 0.25) is 0 Å². The third-order valence-corrected chi connectivity index (χ3v) is 1.71.